The summed E-state index contributed by atoms with van der Waals surface area (Å²) in [6.45, 7) is 3.29. The van der Waals surface area contributed by atoms with E-state index in [1.807, 2.05) is 6.92 Å². The monoisotopic (exact) mass is 479 g/mol. The van der Waals surface area contributed by atoms with Crippen LogP contribution in [0.3, 0.4) is 0 Å². The van der Waals surface area contributed by atoms with Crippen LogP contribution in [0.25, 0.3) is 0 Å². The Hall–Kier alpha value is -3.14. The van der Waals surface area contributed by atoms with Crippen LogP contribution in [0.15, 0.2) is 48.5 Å². The molecular formula is C23H30FN3O5S. The molecule has 0 spiro atoms. The number of anilines is 1. The molecule has 0 aliphatic carbocycles. The Bertz CT molecular complexity index is 1080. The number of nitrogens with one attached hydrogen (secondary N) is 1. The van der Waals surface area contributed by atoms with Gasteiger partial charge in [-0.1, -0.05) is 31.2 Å². The van der Waals surface area contributed by atoms with E-state index in [0.29, 0.717) is 22.2 Å². The number of nitrogens with zero attached hydrogens (tertiary/aromatic N) is 2. The number of carbonyl (C=O) groups is 2. The molecule has 0 aliphatic heterocycles. The van der Waals surface area contributed by atoms with E-state index >= 15 is 0 Å². The van der Waals surface area contributed by atoms with Gasteiger partial charge in [-0.2, -0.15) is 0 Å². The molecule has 0 heterocycles. The first-order valence-electron chi connectivity index (χ1n) is 10.5. The van der Waals surface area contributed by atoms with E-state index in [1.165, 1.54) is 30.2 Å². The highest BCUT2D eigenvalue weighted by Gasteiger charge is 2.30. The van der Waals surface area contributed by atoms with Gasteiger partial charge in [0.1, 0.15) is 24.2 Å². The molecule has 0 bridgehead atoms. The van der Waals surface area contributed by atoms with Crippen molar-refractivity contribution in [1.29, 1.82) is 0 Å². The van der Waals surface area contributed by atoms with Gasteiger partial charge in [0, 0.05) is 13.1 Å². The second-order valence-corrected chi connectivity index (χ2v) is 9.47. The van der Waals surface area contributed by atoms with Gasteiger partial charge in [0.2, 0.25) is 21.8 Å². The van der Waals surface area contributed by atoms with Gasteiger partial charge in [-0.3, -0.25) is 13.9 Å². The number of hydrogen-bond donors (Lipinski definition) is 1. The minimum Gasteiger partial charge on any atom is -0.497 e. The van der Waals surface area contributed by atoms with Crippen LogP contribution in [0.5, 0.6) is 5.75 Å². The number of hydrogen-bond acceptors (Lipinski definition) is 5. The summed E-state index contributed by atoms with van der Waals surface area (Å²) in [4.78, 5) is 27.3. The second kappa shape index (κ2) is 11.6. The number of benzene rings is 2. The fraction of sp³-hybridized carbons (Fsp3) is 0.391. The molecule has 33 heavy (non-hydrogen) atoms. The number of halogens is 1. The predicted molar refractivity (Wildman–Crippen MR) is 125 cm³/mol. The van der Waals surface area contributed by atoms with E-state index in [2.05, 4.69) is 5.32 Å². The van der Waals surface area contributed by atoms with Crippen LogP contribution >= 0.6 is 0 Å². The van der Waals surface area contributed by atoms with E-state index in [4.69, 9.17) is 4.74 Å². The van der Waals surface area contributed by atoms with E-state index in [0.717, 1.165) is 18.7 Å². The molecule has 1 N–H and O–H groups in total. The van der Waals surface area contributed by atoms with E-state index < -0.39 is 34.3 Å². The van der Waals surface area contributed by atoms with Gasteiger partial charge in [0.25, 0.3) is 0 Å². The van der Waals surface area contributed by atoms with Crippen molar-refractivity contribution in [2.45, 2.75) is 32.9 Å². The number of carbonyl (C=O) groups excluding carboxylic acids is 2. The lowest BCUT2D eigenvalue weighted by Gasteiger charge is -2.31. The number of ether oxygens (including phenoxy) is 1. The van der Waals surface area contributed by atoms with Gasteiger partial charge in [-0.15, -0.1) is 0 Å². The lowest BCUT2D eigenvalue weighted by molar-refractivity contribution is -0.139. The van der Waals surface area contributed by atoms with Gasteiger partial charge in [-0.25, -0.2) is 12.8 Å². The van der Waals surface area contributed by atoms with Crippen molar-refractivity contribution < 1.29 is 27.1 Å². The molecule has 0 aromatic heterocycles. The molecular weight excluding hydrogens is 449 g/mol. The Labute approximate surface area is 194 Å². The standard InChI is InChI=1S/C23H30FN3O5S/c1-5-13-25-23(29)17(2)26(15-18-9-8-10-19(14-18)32-3)22(28)16-27(33(4,30)31)21-12-7-6-11-20(21)24/h6-12,14,17H,5,13,15-16H2,1-4H3,(H,25,29). The molecule has 2 amide bonds. The van der Waals surface area contributed by atoms with Gasteiger partial charge in [0.15, 0.2) is 0 Å². The summed E-state index contributed by atoms with van der Waals surface area (Å²) in [7, 11) is -2.47. The van der Waals surface area contributed by atoms with Crippen LogP contribution in [0.2, 0.25) is 0 Å². The third-order valence-corrected chi connectivity index (χ3v) is 6.13. The van der Waals surface area contributed by atoms with Crippen molar-refractivity contribution >= 4 is 27.5 Å². The number of methoxy groups -OCH3 is 1. The Morgan fingerprint density at radius 3 is 2.45 bits per heavy atom. The summed E-state index contributed by atoms with van der Waals surface area (Å²) in [6.07, 6.45) is 1.62. The van der Waals surface area contributed by atoms with Crippen molar-refractivity contribution in [1.82, 2.24) is 10.2 Å². The maximum Gasteiger partial charge on any atom is 0.244 e. The van der Waals surface area contributed by atoms with Crippen molar-refractivity contribution in [3.8, 4) is 5.75 Å². The maximum atomic E-state index is 14.4. The predicted octanol–water partition coefficient (Wildman–Crippen LogP) is 2.54. The number of para-hydroxylation sites is 1. The molecule has 0 saturated heterocycles. The molecule has 2 aromatic carbocycles. The Balaban J connectivity index is 2.39. The molecule has 1 atom stereocenters. The molecule has 0 radical (unpaired) electrons. The highest BCUT2D eigenvalue weighted by atomic mass is 32.2. The molecule has 2 rings (SSSR count). The fourth-order valence-corrected chi connectivity index (χ4v) is 4.05. The molecule has 180 valence electrons. The molecule has 1 unspecified atom stereocenters. The van der Waals surface area contributed by atoms with Gasteiger partial charge < -0.3 is 15.0 Å². The first kappa shape index (κ1) is 26.1. The van der Waals surface area contributed by atoms with Gasteiger partial charge in [0.05, 0.1) is 19.1 Å². The molecule has 8 nitrogen and oxygen atoms in total. The van der Waals surface area contributed by atoms with E-state index in [1.54, 1.807) is 31.2 Å². The summed E-state index contributed by atoms with van der Waals surface area (Å²) in [5, 5.41) is 2.75. The van der Waals surface area contributed by atoms with Crippen molar-refractivity contribution in [3.05, 3.63) is 59.9 Å². The first-order chi connectivity index (χ1) is 15.6. The van der Waals surface area contributed by atoms with Gasteiger partial charge in [-0.05, 0) is 43.2 Å². The van der Waals surface area contributed by atoms with Crippen LogP contribution in [-0.2, 0) is 26.2 Å². The molecule has 0 aliphatic rings. The second-order valence-electron chi connectivity index (χ2n) is 7.56. The Morgan fingerprint density at radius 1 is 1.15 bits per heavy atom. The van der Waals surface area contributed by atoms with E-state index in [-0.39, 0.29) is 18.1 Å². The fourth-order valence-electron chi connectivity index (χ4n) is 3.19. The van der Waals surface area contributed by atoms with Crippen LogP contribution in [0.1, 0.15) is 25.8 Å². The molecule has 0 saturated carbocycles. The largest absolute Gasteiger partial charge is 0.497 e. The highest BCUT2D eigenvalue weighted by Crippen LogP contribution is 2.22. The topological polar surface area (TPSA) is 96.0 Å². The molecule has 2 aromatic rings. The van der Waals surface area contributed by atoms with Crippen LogP contribution in [-0.4, -0.2) is 57.6 Å². The zero-order valence-corrected chi connectivity index (χ0v) is 20.1. The zero-order valence-electron chi connectivity index (χ0n) is 19.2. The van der Waals surface area contributed by atoms with Crippen molar-refractivity contribution in [3.63, 3.8) is 0 Å². The molecule has 10 heteroatoms. The normalized spacial score (nSPS) is 12.0. The van der Waals surface area contributed by atoms with E-state index in [9.17, 15) is 22.4 Å². The number of sulfonamides is 1. The average Bonchev–Trinajstić information content (AvgIpc) is 2.78. The molecule has 0 fully saturated rings. The number of rotatable bonds is 11. The van der Waals surface area contributed by atoms with Crippen molar-refractivity contribution in [2.24, 2.45) is 0 Å². The Morgan fingerprint density at radius 2 is 1.85 bits per heavy atom. The van der Waals surface area contributed by atoms with Gasteiger partial charge >= 0.3 is 0 Å². The van der Waals surface area contributed by atoms with Crippen molar-refractivity contribution in [2.75, 3.05) is 30.8 Å². The van der Waals surface area contributed by atoms with Crippen LogP contribution in [0, 0.1) is 5.82 Å². The van der Waals surface area contributed by atoms with Crippen LogP contribution in [0.4, 0.5) is 10.1 Å². The highest BCUT2D eigenvalue weighted by molar-refractivity contribution is 7.92. The minimum absolute atomic E-state index is 0.0334. The summed E-state index contributed by atoms with van der Waals surface area (Å²) >= 11 is 0. The lowest BCUT2D eigenvalue weighted by Crippen LogP contribution is -2.51. The quantitative estimate of drug-likeness (QED) is 0.534. The Kier molecular flexibility index (Phi) is 9.22. The third kappa shape index (κ3) is 7.18. The lowest BCUT2D eigenvalue weighted by atomic mass is 10.1. The zero-order chi connectivity index (χ0) is 24.6. The summed E-state index contributed by atoms with van der Waals surface area (Å²) in [6, 6.07) is 11.4. The smallest absolute Gasteiger partial charge is 0.244 e. The van der Waals surface area contributed by atoms with Crippen LogP contribution < -0.4 is 14.4 Å². The minimum atomic E-state index is -3.99. The summed E-state index contributed by atoms with van der Waals surface area (Å²) in [5.74, 6) is -1.22. The summed E-state index contributed by atoms with van der Waals surface area (Å²) < 4.78 is 45.1. The SMILES string of the molecule is CCCNC(=O)C(C)N(Cc1cccc(OC)c1)C(=O)CN(c1ccccc1F)S(C)(=O)=O. The number of amides is 2. The summed E-state index contributed by atoms with van der Waals surface area (Å²) in [5.41, 5.74) is 0.451. The first-order valence-corrected chi connectivity index (χ1v) is 12.4. The maximum absolute atomic E-state index is 14.4. The third-order valence-electron chi connectivity index (χ3n) is 5.00. The average molecular weight is 480 g/mol.